The first-order chi connectivity index (χ1) is 14.9. The van der Waals surface area contributed by atoms with Crippen LogP contribution in [0, 0.1) is 10.1 Å². The molecule has 31 heavy (non-hydrogen) atoms. The predicted octanol–water partition coefficient (Wildman–Crippen LogP) is 4.05. The Morgan fingerprint density at radius 1 is 1.10 bits per heavy atom. The average molecular weight is 423 g/mol. The lowest BCUT2D eigenvalue weighted by Gasteiger charge is -2.19. The second-order valence-corrected chi connectivity index (χ2v) is 6.62. The number of fused-ring (bicyclic) bond motifs is 1. The molecule has 3 aromatic rings. The summed E-state index contributed by atoms with van der Waals surface area (Å²) in [7, 11) is 0. The van der Waals surface area contributed by atoms with Gasteiger partial charge in [0.2, 0.25) is 11.8 Å². The van der Waals surface area contributed by atoms with E-state index in [1.54, 1.807) is 29.2 Å². The minimum Gasteiger partial charge on any atom is -0.493 e. The molecule has 0 fully saturated rings. The molecule has 0 unspecified atom stereocenters. The molecule has 2 aromatic carbocycles. The van der Waals surface area contributed by atoms with Crippen LogP contribution in [0.15, 0.2) is 58.8 Å². The monoisotopic (exact) mass is 423 g/mol. The third-order valence-electron chi connectivity index (χ3n) is 4.90. The molecule has 0 aliphatic carbocycles. The maximum atomic E-state index is 12.6. The van der Waals surface area contributed by atoms with E-state index in [9.17, 15) is 24.8 Å². The molecule has 0 saturated heterocycles. The third kappa shape index (κ3) is 4.27. The maximum absolute atomic E-state index is 12.6. The molecule has 0 aliphatic heterocycles. The van der Waals surface area contributed by atoms with Gasteiger partial charge < -0.3 is 14.6 Å². The predicted molar refractivity (Wildman–Crippen MR) is 113 cm³/mol. The average Bonchev–Trinajstić information content (AvgIpc) is 3.04. The van der Waals surface area contributed by atoms with E-state index >= 15 is 0 Å². The van der Waals surface area contributed by atoms with Gasteiger partial charge in [0.15, 0.2) is 5.69 Å². The number of nitrogens with zero attached hydrogens (tertiary/aromatic N) is 5. The minimum absolute atomic E-state index is 0.00915. The summed E-state index contributed by atoms with van der Waals surface area (Å²) in [5.74, 6) is -1.41. The van der Waals surface area contributed by atoms with Crippen molar-refractivity contribution >= 4 is 34.1 Å². The summed E-state index contributed by atoms with van der Waals surface area (Å²) in [6.45, 7) is 4.69. The van der Waals surface area contributed by atoms with E-state index in [4.69, 9.17) is 0 Å². The Morgan fingerprint density at radius 2 is 1.74 bits per heavy atom. The van der Waals surface area contributed by atoms with E-state index in [2.05, 4.69) is 10.2 Å². The fraction of sp³-hybridized carbons (Fsp3) is 0.238. The van der Waals surface area contributed by atoms with Crippen LogP contribution in [0.2, 0.25) is 0 Å². The second-order valence-electron chi connectivity index (χ2n) is 6.62. The van der Waals surface area contributed by atoms with Crippen molar-refractivity contribution in [3.63, 3.8) is 0 Å². The quantitative estimate of drug-likeness (QED) is 0.348. The number of carbonyl (C=O) groups excluding carboxylic acids is 2. The first kappa shape index (κ1) is 21.6. The van der Waals surface area contributed by atoms with Gasteiger partial charge >= 0.3 is 5.91 Å². The lowest BCUT2D eigenvalue weighted by molar-refractivity contribution is -0.385. The van der Waals surface area contributed by atoms with E-state index in [1.807, 2.05) is 13.8 Å². The Hall–Kier alpha value is -4.08. The van der Waals surface area contributed by atoms with Gasteiger partial charge in [0.25, 0.3) is 5.69 Å². The third-order valence-corrected chi connectivity index (χ3v) is 4.90. The Morgan fingerprint density at radius 3 is 2.42 bits per heavy atom. The van der Waals surface area contributed by atoms with Crippen LogP contribution in [0.25, 0.3) is 10.9 Å². The zero-order valence-electron chi connectivity index (χ0n) is 17.1. The molecule has 3 rings (SSSR count). The highest BCUT2D eigenvalue weighted by Gasteiger charge is 2.22. The van der Waals surface area contributed by atoms with Crippen molar-refractivity contribution in [3.8, 4) is 5.88 Å². The summed E-state index contributed by atoms with van der Waals surface area (Å²) < 4.78 is 1.40. The number of benzene rings is 2. The molecule has 2 amide bonds. The molecule has 0 bridgehead atoms. The smallest absolute Gasteiger partial charge is 0.302 e. The van der Waals surface area contributed by atoms with Gasteiger partial charge in [-0.05, 0) is 26.0 Å². The van der Waals surface area contributed by atoms with Gasteiger partial charge in [0, 0.05) is 24.5 Å². The van der Waals surface area contributed by atoms with Gasteiger partial charge in [0.05, 0.1) is 10.4 Å². The fourth-order valence-corrected chi connectivity index (χ4v) is 3.30. The normalized spacial score (nSPS) is 11.2. The number of rotatable bonds is 7. The van der Waals surface area contributed by atoms with Gasteiger partial charge in [-0.15, -0.1) is 10.2 Å². The summed E-state index contributed by atoms with van der Waals surface area (Å²) in [4.78, 5) is 37.1. The number of hydrogen-bond acceptors (Lipinski definition) is 6. The lowest BCUT2D eigenvalue weighted by atomic mass is 10.2. The molecule has 0 spiro atoms. The fourth-order valence-electron chi connectivity index (χ4n) is 3.30. The molecule has 0 radical (unpaired) electrons. The topological polar surface area (TPSA) is 130 Å². The number of amides is 2. The Labute approximate surface area is 177 Å². The van der Waals surface area contributed by atoms with Gasteiger partial charge in [-0.25, -0.2) is 0 Å². The first-order valence-electron chi connectivity index (χ1n) is 9.66. The lowest BCUT2D eigenvalue weighted by Crippen LogP contribution is -2.33. The standard InChI is InChI=1S/C21H21N5O5/c1-3-24(4-2)18(27)13-25-16-11-7-5-9-14(16)19(21(25)29)22-23-20(28)15-10-6-8-12-17(15)26(30)31/h5-12,29H,3-4,13H2,1-2H3. The maximum Gasteiger partial charge on any atom is 0.302 e. The van der Waals surface area contributed by atoms with Crippen molar-refractivity contribution in [1.82, 2.24) is 9.47 Å². The number of nitro groups is 1. The number of hydrogen-bond donors (Lipinski definition) is 1. The van der Waals surface area contributed by atoms with Crippen LogP contribution >= 0.6 is 0 Å². The van der Waals surface area contributed by atoms with E-state index in [0.29, 0.717) is 24.0 Å². The number of para-hydroxylation sites is 2. The highest BCUT2D eigenvalue weighted by atomic mass is 16.6. The largest absolute Gasteiger partial charge is 0.493 e. The molecule has 10 heteroatoms. The van der Waals surface area contributed by atoms with Gasteiger partial charge in [-0.1, -0.05) is 30.3 Å². The van der Waals surface area contributed by atoms with Crippen molar-refractivity contribution in [2.45, 2.75) is 20.4 Å². The van der Waals surface area contributed by atoms with Crippen molar-refractivity contribution in [1.29, 1.82) is 0 Å². The highest BCUT2D eigenvalue weighted by molar-refractivity contribution is 6.00. The van der Waals surface area contributed by atoms with Gasteiger partial charge in [-0.3, -0.25) is 19.7 Å². The highest BCUT2D eigenvalue weighted by Crippen LogP contribution is 2.39. The zero-order chi connectivity index (χ0) is 22.5. The van der Waals surface area contributed by atoms with E-state index in [0.717, 1.165) is 0 Å². The number of aromatic nitrogens is 1. The van der Waals surface area contributed by atoms with E-state index in [-0.39, 0.29) is 35.3 Å². The summed E-state index contributed by atoms with van der Waals surface area (Å²) in [6.07, 6.45) is 0. The van der Waals surface area contributed by atoms with Crippen LogP contribution in [0.4, 0.5) is 11.4 Å². The zero-order valence-corrected chi connectivity index (χ0v) is 17.1. The van der Waals surface area contributed by atoms with Crippen molar-refractivity contribution < 1.29 is 19.6 Å². The SMILES string of the molecule is CCN(CC)C(=O)Cn1c(O)c(N=NC(=O)c2ccccc2[N+](=O)[O-])c2ccccc21. The van der Waals surface area contributed by atoms with Crippen LogP contribution in [0.3, 0.4) is 0 Å². The van der Waals surface area contributed by atoms with Crippen LogP contribution in [-0.4, -0.2) is 44.4 Å². The number of azo groups is 1. The summed E-state index contributed by atoms with van der Waals surface area (Å²) >= 11 is 0. The molecule has 0 atom stereocenters. The van der Waals surface area contributed by atoms with Crippen LogP contribution in [0.1, 0.15) is 24.2 Å². The summed E-state index contributed by atoms with van der Waals surface area (Å²) in [6, 6.07) is 12.3. The molecular formula is C21H21N5O5. The van der Waals surface area contributed by atoms with Gasteiger partial charge in [0.1, 0.15) is 12.1 Å². The molecule has 160 valence electrons. The molecule has 10 nitrogen and oxygen atoms in total. The Kier molecular flexibility index (Phi) is 6.39. The van der Waals surface area contributed by atoms with Crippen LogP contribution in [-0.2, 0) is 11.3 Å². The molecule has 1 heterocycles. The number of likely N-dealkylation sites (N-methyl/N-ethyl adjacent to an activating group) is 1. The number of carbonyl (C=O) groups is 2. The summed E-state index contributed by atoms with van der Waals surface area (Å²) in [5.41, 5.74) is -0.0402. The van der Waals surface area contributed by atoms with Crippen molar-refractivity contribution in [2.75, 3.05) is 13.1 Å². The second kappa shape index (κ2) is 9.16. The van der Waals surface area contributed by atoms with Gasteiger partial charge in [-0.2, -0.15) is 0 Å². The minimum atomic E-state index is -0.914. The molecule has 1 N–H and O–H groups in total. The molecule has 1 aromatic heterocycles. The van der Waals surface area contributed by atoms with E-state index in [1.165, 1.54) is 28.8 Å². The van der Waals surface area contributed by atoms with E-state index < -0.39 is 10.8 Å². The number of nitro benzene ring substituents is 1. The van der Waals surface area contributed by atoms with Crippen LogP contribution < -0.4 is 0 Å². The first-order valence-corrected chi connectivity index (χ1v) is 9.66. The molecule has 0 saturated carbocycles. The molecule has 0 aliphatic rings. The van der Waals surface area contributed by atoms with Crippen LogP contribution in [0.5, 0.6) is 5.88 Å². The Balaban J connectivity index is 2.00. The Bertz CT molecular complexity index is 1180. The van der Waals surface area contributed by atoms with Crippen molar-refractivity contribution in [3.05, 3.63) is 64.2 Å². The number of aromatic hydroxyl groups is 1. The molecular weight excluding hydrogens is 402 g/mol. The van der Waals surface area contributed by atoms with Crippen molar-refractivity contribution in [2.24, 2.45) is 10.2 Å². The summed E-state index contributed by atoms with van der Waals surface area (Å²) in [5, 5.41) is 29.8.